The molecule has 18 heavy (non-hydrogen) atoms. The van der Waals surface area contributed by atoms with E-state index in [1.807, 2.05) is 18.2 Å². The van der Waals surface area contributed by atoms with E-state index in [9.17, 15) is 0 Å². The molecule has 98 valence electrons. The Morgan fingerprint density at radius 2 is 1.89 bits per heavy atom. The van der Waals surface area contributed by atoms with Gasteiger partial charge in [0.25, 0.3) is 0 Å². The highest BCUT2D eigenvalue weighted by Gasteiger charge is 2.07. The molecule has 0 spiro atoms. The first kappa shape index (κ1) is 12.7. The van der Waals surface area contributed by atoms with Crippen molar-refractivity contribution in [2.24, 2.45) is 4.99 Å². The van der Waals surface area contributed by atoms with Crippen molar-refractivity contribution in [3.63, 3.8) is 0 Å². The van der Waals surface area contributed by atoms with Crippen molar-refractivity contribution in [2.75, 3.05) is 26.1 Å². The molecule has 0 atom stereocenters. The van der Waals surface area contributed by atoms with Gasteiger partial charge in [-0.2, -0.15) is 0 Å². The lowest BCUT2D eigenvalue weighted by Gasteiger charge is -2.12. The molecule has 1 aromatic rings. The van der Waals surface area contributed by atoms with Gasteiger partial charge in [0, 0.05) is 24.7 Å². The minimum Gasteiger partial charge on any atom is -0.493 e. The lowest BCUT2D eigenvalue weighted by Crippen LogP contribution is -2.11. The van der Waals surface area contributed by atoms with Gasteiger partial charge in [0.15, 0.2) is 11.5 Å². The Hall–Kier alpha value is -1.71. The summed E-state index contributed by atoms with van der Waals surface area (Å²) in [5.41, 5.74) is 0.994. The van der Waals surface area contributed by atoms with Gasteiger partial charge in [-0.05, 0) is 25.0 Å². The van der Waals surface area contributed by atoms with Crippen LogP contribution in [0.5, 0.6) is 11.5 Å². The van der Waals surface area contributed by atoms with Gasteiger partial charge in [-0.15, -0.1) is 0 Å². The first-order valence-electron chi connectivity index (χ1n) is 6.36. The molecular formula is C14H20N2O2. The van der Waals surface area contributed by atoms with Gasteiger partial charge in [-0.3, -0.25) is 4.99 Å². The summed E-state index contributed by atoms with van der Waals surface area (Å²) < 4.78 is 10.5. The van der Waals surface area contributed by atoms with E-state index in [0.717, 1.165) is 36.0 Å². The number of aliphatic imine (C=N–C) groups is 1. The van der Waals surface area contributed by atoms with Gasteiger partial charge in [0.1, 0.15) is 5.84 Å². The summed E-state index contributed by atoms with van der Waals surface area (Å²) in [7, 11) is 3.28. The molecule has 0 amide bonds. The lowest BCUT2D eigenvalue weighted by molar-refractivity contribution is 0.355. The van der Waals surface area contributed by atoms with Gasteiger partial charge >= 0.3 is 0 Å². The smallest absolute Gasteiger partial charge is 0.162 e. The maximum atomic E-state index is 5.29. The Kier molecular flexibility index (Phi) is 4.45. The zero-order chi connectivity index (χ0) is 12.8. The lowest BCUT2D eigenvalue weighted by atomic mass is 10.2. The van der Waals surface area contributed by atoms with Crippen LogP contribution in [0.4, 0.5) is 5.69 Å². The van der Waals surface area contributed by atoms with Gasteiger partial charge in [0.05, 0.1) is 14.2 Å². The molecule has 1 aliphatic rings. The average molecular weight is 248 g/mol. The molecule has 1 aliphatic heterocycles. The molecular weight excluding hydrogens is 228 g/mol. The van der Waals surface area contributed by atoms with E-state index in [2.05, 4.69) is 10.3 Å². The molecule has 4 nitrogen and oxygen atoms in total. The third-order valence-electron chi connectivity index (χ3n) is 3.05. The Labute approximate surface area is 108 Å². The minimum atomic E-state index is 0.733. The van der Waals surface area contributed by atoms with Crippen LogP contribution in [0, 0.1) is 0 Å². The largest absolute Gasteiger partial charge is 0.493 e. The summed E-state index contributed by atoms with van der Waals surface area (Å²) >= 11 is 0. The number of anilines is 1. The van der Waals surface area contributed by atoms with Crippen LogP contribution in [-0.2, 0) is 0 Å². The standard InChI is InChI=1S/C14H20N2O2/c1-17-12-8-7-11(10-13(12)18-2)16-14-6-4-3-5-9-15-14/h7-8,10H,3-6,9H2,1-2H3,(H,15,16). The number of nitrogens with zero attached hydrogens (tertiary/aromatic N) is 1. The van der Waals surface area contributed by atoms with Crippen LogP contribution in [-0.4, -0.2) is 26.6 Å². The second-order valence-electron chi connectivity index (χ2n) is 4.33. The van der Waals surface area contributed by atoms with Crippen LogP contribution < -0.4 is 14.8 Å². The number of nitrogens with one attached hydrogen (secondary N) is 1. The topological polar surface area (TPSA) is 42.8 Å². The van der Waals surface area contributed by atoms with Crippen LogP contribution in [0.2, 0.25) is 0 Å². The van der Waals surface area contributed by atoms with E-state index < -0.39 is 0 Å². The predicted octanol–water partition coefficient (Wildman–Crippen LogP) is 3.09. The van der Waals surface area contributed by atoms with Gasteiger partial charge in [-0.25, -0.2) is 0 Å². The molecule has 1 aromatic carbocycles. The Balaban J connectivity index is 2.11. The SMILES string of the molecule is COc1ccc(NC2=NCCCCC2)cc1OC. The third kappa shape index (κ3) is 3.15. The number of amidine groups is 1. The summed E-state index contributed by atoms with van der Waals surface area (Å²) in [5.74, 6) is 2.54. The van der Waals surface area contributed by atoms with Crippen molar-refractivity contribution in [1.82, 2.24) is 0 Å². The fourth-order valence-electron chi connectivity index (χ4n) is 2.06. The molecule has 0 saturated heterocycles. The van der Waals surface area contributed by atoms with Gasteiger partial charge in [-0.1, -0.05) is 6.42 Å². The van der Waals surface area contributed by atoms with E-state index >= 15 is 0 Å². The first-order chi connectivity index (χ1) is 8.83. The van der Waals surface area contributed by atoms with Crippen LogP contribution in [0.3, 0.4) is 0 Å². The molecule has 0 fully saturated rings. The molecule has 1 heterocycles. The predicted molar refractivity (Wildman–Crippen MR) is 73.9 cm³/mol. The van der Waals surface area contributed by atoms with Crippen LogP contribution in [0.1, 0.15) is 25.7 Å². The molecule has 0 aliphatic carbocycles. The number of ether oxygens (including phenoxy) is 2. The normalized spacial score (nSPS) is 15.6. The fraction of sp³-hybridized carbons (Fsp3) is 0.500. The van der Waals surface area contributed by atoms with Crippen molar-refractivity contribution >= 4 is 11.5 Å². The average Bonchev–Trinajstić information content (AvgIpc) is 2.67. The Bertz CT molecular complexity index is 430. The maximum absolute atomic E-state index is 5.29. The van der Waals surface area contributed by atoms with E-state index in [4.69, 9.17) is 9.47 Å². The maximum Gasteiger partial charge on any atom is 0.162 e. The molecule has 0 unspecified atom stereocenters. The molecule has 2 rings (SSSR count). The molecule has 1 N–H and O–H groups in total. The summed E-state index contributed by atoms with van der Waals surface area (Å²) in [6.07, 6.45) is 4.69. The number of hydrogen-bond donors (Lipinski definition) is 1. The molecule has 4 heteroatoms. The zero-order valence-corrected chi connectivity index (χ0v) is 11.0. The summed E-state index contributed by atoms with van der Waals surface area (Å²) in [6.45, 7) is 0.926. The van der Waals surface area contributed by atoms with Crippen LogP contribution in [0.15, 0.2) is 23.2 Å². The number of methoxy groups -OCH3 is 2. The highest BCUT2D eigenvalue weighted by Crippen LogP contribution is 2.29. The van der Waals surface area contributed by atoms with Crippen LogP contribution >= 0.6 is 0 Å². The summed E-state index contributed by atoms with van der Waals surface area (Å²) in [4.78, 5) is 4.55. The molecule has 0 aromatic heterocycles. The van der Waals surface area contributed by atoms with E-state index in [-0.39, 0.29) is 0 Å². The molecule has 0 saturated carbocycles. The van der Waals surface area contributed by atoms with Crippen molar-refractivity contribution in [2.45, 2.75) is 25.7 Å². The second kappa shape index (κ2) is 6.28. The molecule has 0 bridgehead atoms. The highest BCUT2D eigenvalue weighted by atomic mass is 16.5. The van der Waals surface area contributed by atoms with Crippen molar-refractivity contribution in [3.05, 3.63) is 18.2 Å². The third-order valence-corrected chi connectivity index (χ3v) is 3.05. The van der Waals surface area contributed by atoms with Crippen molar-refractivity contribution in [3.8, 4) is 11.5 Å². The summed E-state index contributed by atoms with van der Waals surface area (Å²) in [6, 6.07) is 5.82. The summed E-state index contributed by atoms with van der Waals surface area (Å²) in [5, 5.41) is 3.36. The highest BCUT2D eigenvalue weighted by molar-refractivity contribution is 5.95. The quantitative estimate of drug-likeness (QED) is 0.893. The van der Waals surface area contributed by atoms with Crippen molar-refractivity contribution < 1.29 is 9.47 Å². The number of hydrogen-bond acceptors (Lipinski definition) is 4. The van der Waals surface area contributed by atoms with E-state index in [1.54, 1.807) is 14.2 Å². The Morgan fingerprint density at radius 3 is 2.67 bits per heavy atom. The zero-order valence-electron chi connectivity index (χ0n) is 11.0. The monoisotopic (exact) mass is 248 g/mol. The second-order valence-corrected chi connectivity index (χ2v) is 4.33. The minimum absolute atomic E-state index is 0.733. The van der Waals surface area contributed by atoms with Gasteiger partial charge < -0.3 is 14.8 Å². The van der Waals surface area contributed by atoms with Crippen molar-refractivity contribution in [1.29, 1.82) is 0 Å². The fourth-order valence-corrected chi connectivity index (χ4v) is 2.06. The number of benzene rings is 1. The Morgan fingerprint density at radius 1 is 1.06 bits per heavy atom. The van der Waals surface area contributed by atoms with Gasteiger partial charge in [0.2, 0.25) is 0 Å². The molecule has 0 radical (unpaired) electrons. The van der Waals surface area contributed by atoms with Crippen LogP contribution in [0.25, 0.3) is 0 Å². The van der Waals surface area contributed by atoms with E-state index in [1.165, 1.54) is 19.3 Å². The number of rotatable bonds is 3. The van der Waals surface area contributed by atoms with E-state index in [0.29, 0.717) is 0 Å². The first-order valence-corrected chi connectivity index (χ1v) is 6.36.